The number of ether oxygens (including phenoxy) is 2. The van der Waals surface area contributed by atoms with E-state index < -0.39 is 6.16 Å². The number of unbranched alkanes of at least 4 members (excludes halogenated alkanes) is 1. The minimum absolute atomic E-state index is 0.00781. The van der Waals surface area contributed by atoms with E-state index in [1.54, 1.807) is 19.1 Å². The molecule has 0 atom stereocenters. The zero-order valence-corrected chi connectivity index (χ0v) is 14.1. The van der Waals surface area contributed by atoms with Gasteiger partial charge in [-0.15, -0.1) is 0 Å². The first-order valence-corrected chi connectivity index (χ1v) is 8.06. The van der Waals surface area contributed by atoms with Gasteiger partial charge in [0, 0.05) is 25.1 Å². The second-order valence-corrected chi connectivity index (χ2v) is 5.02. The predicted octanol–water partition coefficient (Wildman–Crippen LogP) is 2.26. The molecule has 1 rings (SSSR count). The second-order valence-electron chi connectivity index (χ2n) is 5.02. The van der Waals surface area contributed by atoms with E-state index in [1.807, 2.05) is 6.92 Å². The molecule has 0 heterocycles. The molecule has 0 aliphatic rings. The molecule has 1 aromatic carbocycles. The Kier molecular flexibility index (Phi) is 8.96. The Morgan fingerprint density at radius 1 is 1.00 bits per heavy atom. The number of carbonyl (C=O) groups is 3. The first-order valence-electron chi connectivity index (χ1n) is 8.06. The van der Waals surface area contributed by atoms with E-state index in [0.29, 0.717) is 30.8 Å². The third-order valence-electron chi connectivity index (χ3n) is 3.07. The minimum Gasteiger partial charge on any atom is -0.434 e. The van der Waals surface area contributed by atoms with Gasteiger partial charge in [0.25, 0.3) is 5.91 Å². The molecule has 0 unspecified atom stereocenters. The zero-order valence-electron chi connectivity index (χ0n) is 14.1. The maximum Gasteiger partial charge on any atom is 0.513 e. The third-order valence-corrected chi connectivity index (χ3v) is 3.07. The molecule has 0 fully saturated rings. The van der Waals surface area contributed by atoms with Crippen LogP contribution in [0.25, 0.3) is 0 Å². The van der Waals surface area contributed by atoms with E-state index in [4.69, 9.17) is 4.74 Å². The average molecular weight is 336 g/mol. The number of carbonyl (C=O) groups excluding carboxylic acids is 3. The van der Waals surface area contributed by atoms with Gasteiger partial charge in [-0.25, -0.2) is 4.79 Å². The van der Waals surface area contributed by atoms with E-state index in [0.717, 1.165) is 12.8 Å². The summed E-state index contributed by atoms with van der Waals surface area (Å²) in [5.41, 5.74) is 0.434. The van der Waals surface area contributed by atoms with E-state index in [-0.39, 0.29) is 18.4 Å². The lowest BCUT2D eigenvalue weighted by molar-refractivity contribution is -0.121. The van der Waals surface area contributed by atoms with Gasteiger partial charge in [0.2, 0.25) is 5.91 Å². The highest BCUT2D eigenvalue weighted by Crippen LogP contribution is 2.12. The summed E-state index contributed by atoms with van der Waals surface area (Å²) < 4.78 is 9.56. The van der Waals surface area contributed by atoms with Gasteiger partial charge in [0.1, 0.15) is 5.75 Å². The summed E-state index contributed by atoms with van der Waals surface area (Å²) in [4.78, 5) is 34.5. The lowest BCUT2D eigenvalue weighted by atomic mass is 10.2. The second kappa shape index (κ2) is 11.0. The van der Waals surface area contributed by atoms with Crippen LogP contribution >= 0.6 is 0 Å². The zero-order chi connectivity index (χ0) is 17.8. The van der Waals surface area contributed by atoms with Crippen molar-refractivity contribution in [3.05, 3.63) is 29.8 Å². The van der Waals surface area contributed by atoms with Gasteiger partial charge in [-0.2, -0.15) is 0 Å². The van der Waals surface area contributed by atoms with Crippen molar-refractivity contribution in [3.8, 4) is 5.75 Å². The third kappa shape index (κ3) is 7.62. The first kappa shape index (κ1) is 19.5. The molecule has 0 saturated heterocycles. The topological polar surface area (TPSA) is 93.7 Å². The molecular weight excluding hydrogens is 312 g/mol. The van der Waals surface area contributed by atoms with Gasteiger partial charge in [0.05, 0.1) is 6.61 Å². The molecule has 7 nitrogen and oxygen atoms in total. The summed E-state index contributed by atoms with van der Waals surface area (Å²) in [6.45, 7) is 4.67. The summed E-state index contributed by atoms with van der Waals surface area (Å²) >= 11 is 0. The summed E-state index contributed by atoms with van der Waals surface area (Å²) in [7, 11) is 0. The van der Waals surface area contributed by atoms with Crippen molar-refractivity contribution in [2.45, 2.75) is 33.1 Å². The fourth-order valence-electron chi connectivity index (χ4n) is 1.82. The molecule has 0 saturated carbocycles. The monoisotopic (exact) mass is 336 g/mol. The summed E-state index contributed by atoms with van der Waals surface area (Å²) in [6.07, 6.45) is 1.55. The summed E-state index contributed by atoms with van der Waals surface area (Å²) in [6, 6.07) is 6.12. The Hall–Kier alpha value is -2.57. The highest BCUT2D eigenvalue weighted by molar-refractivity contribution is 5.94. The maximum atomic E-state index is 11.9. The molecule has 0 aliphatic heterocycles. The fraction of sp³-hybridized carbons (Fsp3) is 0.471. The number of amides is 2. The first-order chi connectivity index (χ1) is 11.6. The van der Waals surface area contributed by atoms with Crippen molar-refractivity contribution in [1.82, 2.24) is 10.6 Å². The Balaban J connectivity index is 2.32. The van der Waals surface area contributed by atoms with Gasteiger partial charge < -0.3 is 20.1 Å². The number of hydrogen-bond donors (Lipinski definition) is 2. The van der Waals surface area contributed by atoms with E-state index in [9.17, 15) is 14.4 Å². The molecule has 0 aromatic heterocycles. The van der Waals surface area contributed by atoms with Crippen molar-refractivity contribution >= 4 is 18.0 Å². The van der Waals surface area contributed by atoms with Crippen LogP contribution in [0.1, 0.15) is 43.5 Å². The highest BCUT2D eigenvalue weighted by Gasteiger charge is 2.08. The van der Waals surface area contributed by atoms with Gasteiger partial charge in [-0.05, 0) is 37.6 Å². The van der Waals surface area contributed by atoms with Gasteiger partial charge >= 0.3 is 6.16 Å². The van der Waals surface area contributed by atoms with Crippen LogP contribution in [0.4, 0.5) is 4.79 Å². The van der Waals surface area contributed by atoms with Crippen molar-refractivity contribution < 1.29 is 23.9 Å². The Labute approximate surface area is 141 Å². The SMILES string of the molecule is CCCCC(=O)NCCNC(=O)c1ccc(OC(=O)OCC)cc1. The van der Waals surface area contributed by atoms with E-state index >= 15 is 0 Å². The van der Waals surface area contributed by atoms with Gasteiger partial charge in [-0.1, -0.05) is 13.3 Å². The molecule has 0 spiro atoms. The highest BCUT2D eigenvalue weighted by atomic mass is 16.7. The van der Waals surface area contributed by atoms with E-state index in [1.165, 1.54) is 12.1 Å². The summed E-state index contributed by atoms with van der Waals surface area (Å²) in [5, 5.41) is 5.45. The Morgan fingerprint density at radius 2 is 1.67 bits per heavy atom. The van der Waals surface area contributed by atoms with Crippen molar-refractivity contribution in [2.75, 3.05) is 19.7 Å². The molecule has 0 radical (unpaired) electrons. The van der Waals surface area contributed by atoms with Crippen LogP contribution < -0.4 is 15.4 Å². The predicted molar refractivity (Wildman–Crippen MR) is 89.0 cm³/mol. The molecule has 2 amide bonds. The average Bonchev–Trinajstić information content (AvgIpc) is 2.57. The van der Waals surface area contributed by atoms with Crippen LogP contribution in [-0.4, -0.2) is 37.7 Å². The maximum absolute atomic E-state index is 11.9. The van der Waals surface area contributed by atoms with Crippen molar-refractivity contribution in [1.29, 1.82) is 0 Å². The molecule has 0 bridgehead atoms. The molecule has 24 heavy (non-hydrogen) atoms. The van der Waals surface area contributed by atoms with Crippen LogP contribution in [-0.2, 0) is 9.53 Å². The van der Waals surface area contributed by atoms with Crippen LogP contribution in [0.5, 0.6) is 5.75 Å². The normalized spacial score (nSPS) is 9.92. The molecular formula is C17H24N2O5. The minimum atomic E-state index is -0.784. The van der Waals surface area contributed by atoms with Gasteiger partial charge in [-0.3, -0.25) is 9.59 Å². The standard InChI is InChI=1S/C17H24N2O5/c1-3-5-6-15(20)18-11-12-19-16(21)13-7-9-14(10-8-13)24-17(22)23-4-2/h7-10H,3-6,11-12H2,1-2H3,(H,18,20)(H,19,21). The Morgan fingerprint density at radius 3 is 2.29 bits per heavy atom. The molecule has 0 aliphatic carbocycles. The molecule has 1 aromatic rings. The number of nitrogens with one attached hydrogen (secondary N) is 2. The molecule has 7 heteroatoms. The van der Waals surface area contributed by atoms with Crippen LogP contribution in [0, 0.1) is 0 Å². The lowest BCUT2D eigenvalue weighted by Crippen LogP contribution is -2.34. The van der Waals surface area contributed by atoms with Crippen LogP contribution in [0.2, 0.25) is 0 Å². The number of hydrogen-bond acceptors (Lipinski definition) is 5. The quantitative estimate of drug-likeness (QED) is 0.410. The number of benzene rings is 1. The van der Waals surface area contributed by atoms with Crippen molar-refractivity contribution in [3.63, 3.8) is 0 Å². The summed E-state index contributed by atoms with van der Waals surface area (Å²) in [5.74, 6) is 0.0280. The Bertz CT molecular complexity index is 542. The van der Waals surface area contributed by atoms with Crippen molar-refractivity contribution in [2.24, 2.45) is 0 Å². The smallest absolute Gasteiger partial charge is 0.434 e. The van der Waals surface area contributed by atoms with Crippen LogP contribution in [0.3, 0.4) is 0 Å². The van der Waals surface area contributed by atoms with E-state index in [2.05, 4.69) is 15.4 Å². The van der Waals surface area contributed by atoms with Gasteiger partial charge in [0.15, 0.2) is 0 Å². The fourth-order valence-corrected chi connectivity index (χ4v) is 1.82. The molecule has 2 N–H and O–H groups in total. The lowest BCUT2D eigenvalue weighted by Gasteiger charge is -2.08. The largest absolute Gasteiger partial charge is 0.513 e. The van der Waals surface area contributed by atoms with Crippen LogP contribution in [0.15, 0.2) is 24.3 Å². The molecule has 132 valence electrons. The number of rotatable bonds is 9.